The molecule has 1 N–H and O–H groups in total. The van der Waals surface area contributed by atoms with Gasteiger partial charge in [-0.2, -0.15) is 0 Å². The molecule has 0 aromatic heterocycles. The third-order valence-corrected chi connectivity index (χ3v) is 7.31. The fraction of sp³-hybridized carbons (Fsp3) is 0.261. The molecule has 4 atom stereocenters. The van der Waals surface area contributed by atoms with Crippen molar-refractivity contribution < 1.29 is 58.4 Å². The minimum absolute atomic E-state index is 0. The van der Waals surface area contributed by atoms with Crippen LogP contribution in [0.2, 0.25) is 0 Å². The second kappa shape index (κ2) is 8.04. The summed E-state index contributed by atoms with van der Waals surface area (Å²) in [6, 6.07) is 9.70. The maximum Gasteiger partial charge on any atom is 1.00 e. The molecule has 1 fully saturated rings. The number of β-lactam (4-membered cyclic amide) rings is 1. The molecule has 5 rings (SSSR count). The minimum Gasteiger partial charge on any atom is -0.543 e. The van der Waals surface area contributed by atoms with E-state index < -0.39 is 40.7 Å². The molecule has 1 saturated heterocycles. The van der Waals surface area contributed by atoms with Gasteiger partial charge in [-0.15, -0.1) is 0 Å². The average Bonchev–Trinajstić information content (AvgIpc) is 3.20. The van der Waals surface area contributed by atoms with Crippen LogP contribution in [0.3, 0.4) is 0 Å². The molecular weight excluding hydrogens is 441 g/mol. The first-order valence-corrected chi connectivity index (χ1v) is 11.4. The van der Waals surface area contributed by atoms with E-state index in [0.29, 0.717) is 38.3 Å². The summed E-state index contributed by atoms with van der Waals surface area (Å²) in [4.78, 5) is 38.9. The Balaban J connectivity index is 0.00000245. The normalized spacial score (nSPS) is 22.5. The number of carboxylic acids is 1. The number of carboxylic acid groups (broad SMARTS) is 1. The van der Waals surface area contributed by atoms with Crippen molar-refractivity contribution in [3.05, 3.63) is 58.8 Å². The fourth-order valence-corrected chi connectivity index (χ4v) is 5.48. The number of carbonyl (C=O) groups is 3. The number of hydrogen-bond donors (Lipinski definition) is 1. The topological polar surface area (TPSA) is 115 Å². The molecular formula is C23H18NNaO6S. The van der Waals surface area contributed by atoms with E-state index in [2.05, 4.69) is 0 Å². The van der Waals surface area contributed by atoms with Gasteiger partial charge in [0.2, 0.25) is 5.91 Å². The third-order valence-electron chi connectivity index (χ3n) is 6.39. The van der Waals surface area contributed by atoms with Crippen LogP contribution in [-0.2, 0) is 20.4 Å². The Morgan fingerprint density at radius 1 is 1.12 bits per heavy atom. The zero-order valence-electron chi connectivity index (χ0n) is 17.7. The number of benzene rings is 2. The molecule has 1 aliphatic carbocycles. The van der Waals surface area contributed by atoms with Crippen LogP contribution >= 0.6 is 0 Å². The zero-order valence-corrected chi connectivity index (χ0v) is 20.6. The van der Waals surface area contributed by atoms with Gasteiger partial charge in [-0.1, -0.05) is 6.07 Å². The summed E-state index contributed by atoms with van der Waals surface area (Å²) in [6.45, 7) is 1.52. The predicted molar refractivity (Wildman–Crippen MR) is 110 cm³/mol. The molecule has 3 aliphatic rings. The Hall–Kier alpha value is -2.10. The van der Waals surface area contributed by atoms with Gasteiger partial charge in [0.05, 0.1) is 29.7 Å². The third kappa shape index (κ3) is 3.16. The molecule has 2 heterocycles. The van der Waals surface area contributed by atoms with Crippen LogP contribution in [-0.4, -0.2) is 50.3 Å². The molecule has 2 aromatic carbocycles. The van der Waals surface area contributed by atoms with E-state index in [-0.39, 0.29) is 47.5 Å². The Morgan fingerprint density at radius 3 is 2.34 bits per heavy atom. The Kier molecular flexibility index (Phi) is 5.80. The number of fused-ring (bicyclic) bond motifs is 4. The first kappa shape index (κ1) is 23.1. The number of rotatable bonds is 4. The number of nitrogens with zero attached hydrogens (tertiary/aromatic N) is 1. The van der Waals surface area contributed by atoms with Crippen LogP contribution in [0.25, 0.3) is 16.7 Å². The maximum atomic E-state index is 12.8. The summed E-state index contributed by atoms with van der Waals surface area (Å²) >= 11 is 0. The number of ketones is 1. The van der Waals surface area contributed by atoms with Crippen molar-refractivity contribution in [3.8, 4) is 11.1 Å². The molecule has 1 amide bonds. The van der Waals surface area contributed by atoms with Gasteiger partial charge in [0.15, 0.2) is 5.78 Å². The second-order valence-electron chi connectivity index (χ2n) is 8.11. The molecule has 158 valence electrons. The van der Waals surface area contributed by atoms with Crippen LogP contribution in [0.1, 0.15) is 34.8 Å². The number of hydrogen-bond acceptors (Lipinski definition) is 6. The van der Waals surface area contributed by atoms with Crippen molar-refractivity contribution >= 4 is 34.0 Å². The Labute approximate surface area is 208 Å². The van der Waals surface area contributed by atoms with Crippen molar-refractivity contribution in [3.63, 3.8) is 0 Å². The van der Waals surface area contributed by atoms with Crippen molar-refractivity contribution in [1.82, 2.24) is 4.90 Å². The summed E-state index contributed by atoms with van der Waals surface area (Å²) in [5, 5.41) is 21.8. The van der Waals surface area contributed by atoms with Crippen LogP contribution in [0, 0.1) is 5.92 Å². The molecule has 0 spiro atoms. The van der Waals surface area contributed by atoms with Gasteiger partial charge in [0, 0.05) is 33.1 Å². The van der Waals surface area contributed by atoms with E-state index in [4.69, 9.17) is 0 Å². The average molecular weight is 459 g/mol. The van der Waals surface area contributed by atoms with Crippen LogP contribution in [0.4, 0.5) is 0 Å². The van der Waals surface area contributed by atoms with Gasteiger partial charge < -0.3 is 19.9 Å². The first-order valence-electron chi connectivity index (χ1n) is 9.83. The molecule has 9 heteroatoms. The summed E-state index contributed by atoms with van der Waals surface area (Å²) in [7, 11) is -1.22. The monoisotopic (exact) mass is 459 g/mol. The van der Waals surface area contributed by atoms with Crippen LogP contribution < -0.4 is 34.7 Å². The molecule has 0 radical (unpaired) electrons. The summed E-state index contributed by atoms with van der Waals surface area (Å²) in [5.74, 6) is -2.66. The van der Waals surface area contributed by atoms with Gasteiger partial charge in [-0.05, 0) is 65.9 Å². The number of aliphatic carboxylic acids is 1. The predicted octanol–water partition coefficient (Wildman–Crippen LogP) is -2.29. The van der Waals surface area contributed by atoms with E-state index in [1.807, 2.05) is 0 Å². The van der Waals surface area contributed by atoms with E-state index in [1.54, 1.807) is 42.7 Å². The number of carbonyl (C=O) groups excluding carboxylic acids is 3. The van der Waals surface area contributed by atoms with Crippen molar-refractivity contribution in [1.29, 1.82) is 0 Å². The van der Waals surface area contributed by atoms with E-state index in [0.717, 1.165) is 0 Å². The smallest absolute Gasteiger partial charge is 0.543 e. The van der Waals surface area contributed by atoms with Gasteiger partial charge in [0.1, 0.15) is 0 Å². The second-order valence-corrected chi connectivity index (χ2v) is 9.49. The molecule has 7 nitrogen and oxygen atoms in total. The minimum atomic E-state index is -1.45. The van der Waals surface area contributed by atoms with Gasteiger partial charge in [0.25, 0.3) is 0 Å². The number of aliphatic hydroxyl groups is 1. The summed E-state index contributed by atoms with van der Waals surface area (Å²) in [5.41, 5.74) is 3.14. The molecule has 2 aromatic rings. The van der Waals surface area contributed by atoms with Gasteiger partial charge in [-0.3, -0.25) is 13.8 Å². The Morgan fingerprint density at radius 2 is 1.75 bits per heavy atom. The first-order chi connectivity index (χ1) is 14.7. The van der Waals surface area contributed by atoms with E-state index in [1.165, 1.54) is 11.8 Å². The SMILES string of the molecule is C[C@@H](O)[C@H]1C(=O)N2C(C(=O)[O-])=C(c3ccc4c(c3)-c3cc(S(C)=O)ccc3C4=O)C[C@H]12.[Na+]. The summed E-state index contributed by atoms with van der Waals surface area (Å²) < 4.78 is 11.9. The maximum absolute atomic E-state index is 12.8. The van der Waals surface area contributed by atoms with Crippen molar-refractivity contribution in [2.24, 2.45) is 5.92 Å². The fourth-order valence-electron chi connectivity index (χ4n) is 4.94. The van der Waals surface area contributed by atoms with Crippen molar-refractivity contribution in [2.45, 2.75) is 30.4 Å². The Bertz CT molecular complexity index is 1270. The molecule has 0 saturated carbocycles. The van der Waals surface area contributed by atoms with Crippen LogP contribution in [0.5, 0.6) is 0 Å². The van der Waals surface area contributed by atoms with E-state index >= 15 is 0 Å². The zero-order chi connectivity index (χ0) is 22.2. The van der Waals surface area contributed by atoms with Gasteiger partial charge in [-0.25, -0.2) is 0 Å². The molecule has 0 bridgehead atoms. The van der Waals surface area contributed by atoms with Gasteiger partial charge >= 0.3 is 29.6 Å². The quantitative estimate of drug-likeness (QED) is 0.347. The van der Waals surface area contributed by atoms with Crippen molar-refractivity contribution in [2.75, 3.05) is 6.26 Å². The molecule has 32 heavy (non-hydrogen) atoms. The molecule has 2 aliphatic heterocycles. The van der Waals surface area contributed by atoms with E-state index in [9.17, 15) is 28.8 Å². The van der Waals surface area contributed by atoms with Crippen LogP contribution in [0.15, 0.2) is 47.0 Å². The number of aliphatic hydroxyl groups excluding tert-OH is 1. The number of amides is 1. The molecule has 1 unspecified atom stereocenters. The largest absolute Gasteiger partial charge is 1.00 e. The summed E-state index contributed by atoms with van der Waals surface area (Å²) in [6.07, 6.45) is 0.961. The standard InChI is InChI=1S/C23H19NO6S.Na/c1-10(25)19-18-9-15(20(23(28)29)24(18)22(19)27)11-3-5-13-16(7-11)17-8-12(31(2)30)4-6-14(17)21(13)26;/h3-8,10,18-19,25H,9H2,1-2H3,(H,28,29);/q;+1/p-1/t10-,18-,19-,31?;/m1./s1.